The fourth-order valence-electron chi connectivity index (χ4n) is 3.08. The molecule has 2 rings (SSSR count). The van der Waals surface area contributed by atoms with Gasteiger partial charge in [-0.05, 0) is 56.1 Å². The van der Waals surface area contributed by atoms with Crippen LogP contribution < -0.4 is 0 Å². The van der Waals surface area contributed by atoms with Crippen molar-refractivity contribution in [3.63, 3.8) is 0 Å². The van der Waals surface area contributed by atoms with Gasteiger partial charge < -0.3 is 14.3 Å². The quantitative estimate of drug-likeness (QED) is 0.778. The van der Waals surface area contributed by atoms with Crippen LogP contribution in [0, 0.1) is 0 Å². The zero-order valence-electron chi connectivity index (χ0n) is 16.9. The maximum absolute atomic E-state index is 11.9. The topological polar surface area (TPSA) is 71.9 Å². The predicted octanol–water partition coefficient (Wildman–Crippen LogP) is 4.13. The Bertz CT molecular complexity index is 628. The van der Waals surface area contributed by atoms with Gasteiger partial charge in [0, 0.05) is 12.4 Å². The second-order valence-electron chi connectivity index (χ2n) is 8.95. The molecule has 2 heterocycles. The molecule has 1 amide bonds. The lowest BCUT2D eigenvalue weighted by molar-refractivity contribution is -0.0757. The molecule has 26 heavy (non-hydrogen) atoms. The van der Waals surface area contributed by atoms with Crippen molar-refractivity contribution in [2.24, 2.45) is 0 Å². The number of carboxylic acid groups (broad SMARTS) is 1. The van der Waals surface area contributed by atoms with Crippen LogP contribution >= 0.6 is 0 Å². The SMILES string of the molecule is CC1(C)OC(CO[Si](C)(C)C(C)(C)C)C(Cc2ccncc2)N1C(=O)O. The number of carbonyl (C=O) groups is 1. The third kappa shape index (κ3) is 4.45. The highest BCUT2D eigenvalue weighted by atomic mass is 28.4. The molecule has 1 aliphatic heterocycles. The molecule has 1 aromatic heterocycles. The first-order chi connectivity index (χ1) is 11.8. The van der Waals surface area contributed by atoms with E-state index >= 15 is 0 Å². The Morgan fingerprint density at radius 2 is 1.92 bits per heavy atom. The second-order valence-corrected chi connectivity index (χ2v) is 13.8. The van der Waals surface area contributed by atoms with Gasteiger partial charge in [0.25, 0.3) is 0 Å². The minimum atomic E-state index is -1.95. The minimum Gasteiger partial charge on any atom is -0.465 e. The van der Waals surface area contributed by atoms with Crippen LogP contribution in [-0.4, -0.2) is 53.9 Å². The molecule has 0 aliphatic carbocycles. The highest BCUT2D eigenvalue weighted by molar-refractivity contribution is 6.74. The number of amides is 1. The third-order valence-corrected chi connectivity index (χ3v) is 10.1. The summed E-state index contributed by atoms with van der Waals surface area (Å²) in [5.74, 6) is 0. The lowest BCUT2D eigenvalue weighted by Gasteiger charge is -2.37. The van der Waals surface area contributed by atoms with E-state index in [0.29, 0.717) is 13.0 Å². The number of ether oxygens (including phenoxy) is 1. The van der Waals surface area contributed by atoms with E-state index in [1.807, 2.05) is 12.1 Å². The van der Waals surface area contributed by atoms with Gasteiger partial charge in [0.05, 0.1) is 12.6 Å². The molecule has 0 spiro atoms. The van der Waals surface area contributed by atoms with Crippen LogP contribution in [0.15, 0.2) is 24.5 Å². The Kier molecular flexibility index (Phi) is 5.85. The van der Waals surface area contributed by atoms with Crippen molar-refractivity contribution >= 4 is 14.4 Å². The lowest BCUT2D eigenvalue weighted by atomic mass is 10.0. The zero-order chi connectivity index (χ0) is 19.8. The highest BCUT2D eigenvalue weighted by Crippen LogP contribution is 2.39. The van der Waals surface area contributed by atoms with Crippen LogP contribution in [0.4, 0.5) is 4.79 Å². The van der Waals surface area contributed by atoms with E-state index in [-0.39, 0.29) is 17.2 Å². The molecular formula is C19H32N2O4Si. The molecular weight excluding hydrogens is 348 g/mol. The maximum atomic E-state index is 11.9. The van der Waals surface area contributed by atoms with Crippen LogP contribution in [0.5, 0.6) is 0 Å². The molecule has 1 N–H and O–H groups in total. The summed E-state index contributed by atoms with van der Waals surface area (Å²) in [7, 11) is -1.95. The number of hydrogen-bond acceptors (Lipinski definition) is 4. The summed E-state index contributed by atoms with van der Waals surface area (Å²) >= 11 is 0. The Hall–Kier alpha value is -1.44. The number of hydrogen-bond donors (Lipinski definition) is 1. The fraction of sp³-hybridized carbons (Fsp3) is 0.684. The average Bonchev–Trinajstić information content (AvgIpc) is 2.75. The minimum absolute atomic E-state index is 0.0915. The molecule has 1 saturated heterocycles. The molecule has 146 valence electrons. The van der Waals surface area contributed by atoms with E-state index in [1.54, 1.807) is 26.2 Å². The van der Waals surface area contributed by atoms with Crippen LogP contribution in [0.2, 0.25) is 18.1 Å². The van der Waals surface area contributed by atoms with Crippen molar-refractivity contribution in [1.82, 2.24) is 9.88 Å². The van der Waals surface area contributed by atoms with Crippen LogP contribution in [0.1, 0.15) is 40.2 Å². The molecule has 1 aliphatic rings. The first-order valence-corrected chi connectivity index (χ1v) is 12.0. The molecule has 2 atom stereocenters. The van der Waals surface area contributed by atoms with Crippen molar-refractivity contribution in [2.45, 2.75) is 77.0 Å². The molecule has 1 fully saturated rings. The molecule has 0 bridgehead atoms. The van der Waals surface area contributed by atoms with Gasteiger partial charge in [0.1, 0.15) is 11.8 Å². The molecule has 0 aromatic carbocycles. The standard InChI is InChI=1S/C19H32N2O4Si/c1-18(2,3)26(6,7)24-13-16-15(12-14-8-10-20-11-9-14)21(17(22)23)19(4,5)25-16/h8-11,15-16H,12-13H2,1-7H3,(H,22,23). The van der Waals surface area contributed by atoms with Crippen molar-refractivity contribution in [1.29, 1.82) is 0 Å². The van der Waals surface area contributed by atoms with Crippen LogP contribution in [-0.2, 0) is 15.6 Å². The van der Waals surface area contributed by atoms with E-state index in [4.69, 9.17) is 9.16 Å². The van der Waals surface area contributed by atoms with Gasteiger partial charge in [-0.1, -0.05) is 20.8 Å². The Balaban J connectivity index is 2.23. The summed E-state index contributed by atoms with van der Waals surface area (Å²) in [5.41, 5.74) is 0.153. The number of nitrogens with zero attached hydrogens (tertiary/aromatic N) is 2. The van der Waals surface area contributed by atoms with Crippen molar-refractivity contribution < 1.29 is 19.1 Å². The van der Waals surface area contributed by atoms with Gasteiger partial charge in [0.15, 0.2) is 8.32 Å². The zero-order valence-corrected chi connectivity index (χ0v) is 17.9. The molecule has 7 heteroatoms. The maximum Gasteiger partial charge on any atom is 0.409 e. The first kappa shape index (κ1) is 20.9. The van der Waals surface area contributed by atoms with Gasteiger partial charge >= 0.3 is 6.09 Å². The van der Waals surface area contributed by atoms with E-state index in [1.165, 1.54) is 4.90 Å². The molecule has 6 nitrogen and oxygen atoms in total. The van der Waals surface area contributed by atoms with Crippen LogP contribution in [0.3, 0.4) is 0 Å². The summed E-state index contributed by atoms with van der Waals surface area (Å²) in [6, 6.07) is 3.53. The Labute approximate surface area is 157 Å². The summed E-state index contributed by atoms with van der Waals surface area (Å²) in [4.78, 5) is 17.4. The molecule has 1 aromatic rings. The lowest BCUT2D eigenvalue weighted by Crippen LogP contribution is -2.49. The van der Waals surface area contributed by atoms with Crippen molar-refractivity contribution in [2.75, 3.05) is 6.61 Å². The number of aromatic nitrogens is 1. The first-order valence-electron chi connectivity index (χ1n) is 9.08. The monoisotopic (exact) mass is 380 g/mol. The number of pyridine rings is 1. The van der Waals surface area contributed by atoms with Gasteiger partial charge in [-0.3, -0.25) is 9.88 Å². The summed E-state index contributed by atoms with van der Waals surface area (Å²) in [6.07, 6.45) is 2.75. The molecule has 0 saturated carbocycles. The van der Waals surface area contributed by atoms with E-state index < -0.39 is 20.1 Å². The number of rotatable bonds is 5. The molecule has 2 unspecified atom stereocenters. The summed E-state index contributed by atoms with van der Waals surface area (Å²) in [6.45, 7) is 15.0. The van der Waals surface area contributed by atoms with Gasteiger partial charge in [-0.15, -0.1) is 0 Å². The predicted molar refractivity (Wildman–Crippen MR) is 104 cm³/mol. The molecule has 0 radical (unpaired) electrons. The Morgan fingerprint density at radius 3 is 2.42 bits per heavy atom. The smallest absolute Gasteiger partial charge is 0.409 e. The third-order valence-electron chi connectivity index (χ3n) is 5.60. The van der Waals surface area contributed by atoms with Gasteiger partial charge in [0.2, 0.25) is 0 Å². The van der Waals surface area contributed by atoms with Gasteiger partial charge in [-0.25, -0.2) is 4.79 Å². The average molecular weight is 381 g/mol. The largest absolute Gasteiger partial charge is 0.465 e. The highest BCUT2D eigenvalue weighted by Gasteiger charge is 2.50. The van der Waals surface area contributed by atoms with E-state index in [2.05, 4.69) is 38.8 Å². The normalized spacial score (nSPS) is 23.3. The summed E-state index contributed by atoms with van der Waals surface area (Å²) in [5, 5.41) is 9.87. The Morgan fingerprint density at radius 1 is 1.35 bits per heavy atom. The summed E-state index contributed by atoms with van der Waals surface area (Å²) < 4.78 is 12.5. The van der Waals surface area contributed by atoms with Crippen molar-refractivity contribution in [3.05, 3.63) is 30.1 Å². The van der Waals surface area contributed by atoms with E-state index in [0.717, 1.165) is 5.56 Å². The fourth-order valence-corrected chi connectivity index (χ4v) is 4.09. The van der Waals surface area contributed by atoms with Crippen LogP contribution in [0.25, 0.3) is 0 Å². The van der Waals surface area contributed by atoms with E-state index in [9.17, 15) is 9.90 Å². The van der Waals surface area contributed by atoms with Crippen molar-refractivity contribution in [3.8, 4) is 0 Å². The van der Waals surface area contributed by atoms with Gasteiger partial charge in [-0.2, -0.15) is 0 Å². The second kappa shape index (κ2) is 7.29.